The maximum Gasteiger partial charge on any atom is 0.265 e. The van der Waals surface area contributed by atoms with Crippen LogP contribution in [0.5, 0.6) is 5.75 Å². The molecule has 4 rings (SSSR count). The minimum absolute atomic E-state index is 0.150. The summed E-state index contributed by atoms with van der Waals surface area (Å²) in [7, 11) is 0. The Kier molecular flexibility index (Phi) is 4.32. The average molecular weight is 387 g/mol. The van der Waals surface area contributed by atoms with E-state index in [1.807, 2.05) is 6.07 Å². The van der Waals surface area contributed by atoms with Crippen molar-refractivity contribution in [2.24, 2.45) is 0 Å². The molecule has 0 aliphatic carbocycles. The van der Waals surface area contributed by atoms with E-state index >= 15 is 0 Å². The molecule has 27 heavy (non-hydrogen) atoms. The van der Waals surface area contributed by atoms with Crippen molar-refractivity contribution in [1.82, 2.24) is 4.90 Å². The van der Waals surface area contributed by atoms with E-state index in [0.717, 1.165) is 0 Å². The van der Waals surface area contributed by atoms with E-state index in [2.05, 4.69) is 0 Å². The highest BCUT2D eigenvalue weighted by Crippen LogP contribution is 2.36. The van der Waals surface area contributed by atoms with Gasteiger partial charge in [-0.05, 0) is 29.8 Å². The number of nitrogens with zero attached hydrogens (tertiary/aromatic N) is 2. The van der Waals surface area contributed by atoms with Gasteiger partial charge in [-0.1, -0.05) is 35.9 Å². The third-order valence-electron chi connectivity index (χ3n) is 5.01. The zero-order valence-corrected chi connectivity index (χ0v) is 15.5. The standard InChI is InChI=1S/C20H19ClN2O4/c1-13(24)23-10-18(27-17-8-3-2-7-16(17)23)19(25)22-11-20(26,12-22)14-5-4-6-15(21)9-14/h2-9,18,26H,10-12H2,1H3. The third kappa shape index (κ3) is 3.15. The molecule has 2 aliphatic rings. The Morgan fingerprint density at radius 2 is 1.93 bits per heavy atom. The minimum atomic E-state index is -1.12. The SMILES string of the molecule is CC(=O)N1CC(C(=O)N2CC(O)(c3cccc(Cl)c3)C2)Oc2ccccc21. The average Bonchev–Trinajstić information content (AvgIpc) is 2.63. The highest BCUT2D eigenvalue weighted by atomic mass is 35.5. The van der Waals surface area contributed by atoms with Crippen LogP contribution in [-0.2, 0) is 15.2 Å². The molecule has 0 radical (unpaired) electrons. The predicted molar refractivity (Wildman–Crippen MR) is 101 cm³/mol. The number of ether oxygens (including phenoxy) is 1. The van der Waals surface area contributed by atoms with Gasteiger partial charge in [-0.15, -0.1) is 0 Å². The van der Waals surface area contributed by atoms with E-state index < -0.39 is 11.7 Å². The van der Waals surface area contributed by atoms with Gasteiger partial charge in [0.15, 0.2) is 6.10 Å². The first-order chi connectivity index (χ1) is 12.9. The van der Waals surface area contributed by atoms with E-state index in [0.29, 0.717) is 22.0 Å². The Labute approximate surface area is 161 Å². The zero-order valence-electron chi connectivity index (χ0n) is 14.8. The number of halogens is 1. The van der Waals surface area contributed by atoms with Crippen LogP contribution in [0.25, 0.3) is 0 Å². The predicted octanol–water partition coefficient (Wildman–Crippen LogP) is 2.18. The number of hydrogen-bond acceptors (Lipinski definition) is 4. The number of anilines is 1. The summed E-state index contributed by atoms with van der Waals surface area (Å²) in [6.45, 7) is 1.93. The van der Waals surface area contributed by atoms with E-state index in [1.54, 1.807) is 47.4 Å². The van der Waals surface area contributed by atoms with Crippen LogP contribution in [0.3, 0.4) is 0 Å². The van der Waals surface area contributed by atoms with Gasteiger partial charge >= 0.3 is 0 Å². The highest BCUT2D eigenvalue weighted by Gasteiger charge is 2.48. The largest absolute Gasteiger partial charge is 0.476 e. The van der Waals surface area contributed by atoms with Crippen LogP contribution in [0.2, 0.25) is 5.02 Å². The van der Waals surface area contributed by atoms with Crippen molar-refractivity contribution in [3.63, 3.8) is 0 Å². The Bertz CT molecular complexity index is 910. The molecule has 1 fully saturated rings. The second-order valence-corrected chi connectivity index (χ2v) is 7.38. The fraction of sp³-hybridized carbons (Fsp3) is 0.300. The molecule has 0 spiro atoms. The molecule has 0 aromatic heterocycles. The summed E-state index contributed by atoms with van der Waals surface area (Å²) in [5, 5.41) is 11.3. The van der Waals surface area contributed by atoms with Crippen molar-refractivity contribution in [2.75, 3.05) is 24.5 Å². The van der Waals surface area contributed by atoms with Crippen LogP contribution in [0.4, 0.5) is 5.69 Å². The quantitative estimate of drug-likeness (QED) is 0.858. The first-order valence-electron chi connectivity index (χ1n) is 8.68. The maximum absolute atomic E-state index is 12.9. The molecule has 1 N–H and O–H groups in total. The van der Waals surface area contributed by atoms with Crippen molar-refractivity contribution >= 4 is 29.1 Å². The van der Waals surface area contributed by atoms with Gasteiger partial charge in [0, 0.05) is 11.9 Å². The monoisotopic (exact) mass is 386 g/mol. The molecule has 0 saturated carbocycles. The summed E-state index contributed by atoms with van der Waals surface area (Å²) in [6.07, 6.45) is -0.798. The Morgan fingerprint density at radius 3 is 2.63 bits per heavy atom. The number of para-hydroxylation sites is 2. The summed E-state index contributed by atoms with van der Waals surface area (Å²) >= 11 is 6.00. The number of carbonyl (C=O) groups excluding carboxylic acids is 2. The number of amides is 2. The van der Waals surface area contributed by atoms with Crippen LogP contribution in [-0.4, -0.2) is 47.6 Å². The molecule has 2 amide bonds. The van der Waals surface area contributed by atoms with Crippen LogP contribution < -0.4 is 9.64 Å². The van der Waals surface area contributed by atoms with Gasteiger partial charge in [0.25, 0.3) is 5.91 Å². The summed E-state index contributed by atoms with van der Waals surface area (Å²) in [5.74, 6) is 0.105. The van der Waals surface area contributed by atoms with Crippen molar-refractivity contribution in [3.8, 4) is 5.75 Å². The summed E-state index contributed by atoms with van der Waals surface area (Å²) in [4.78, 5) is 28.0. The lowest BCUT2D eigenvalue weighted by Gasteiger charge is -2.48. The maximum atomic E-state index is 12.9. The van der Waals surface area contributed by atoms with Crippen molar-refractivity contribution in [2.45, 2.75) is 18.6 Å². The van der Waals surface area contributed by atoms with Gasteiger partial charge in [-0.3, -0.25) is 9.59 Å². The normalized spacial score (nSPS) is 20.3. The number of hydrogen-bond donors (Lipinski definition) is 1. The van der Waals surface area contributed by atoms with Crippen molar-refractivity contribution in [3.05, 3.63) is 59.1 Å². The minimum Gasteiger partial charge on any atom is -0.476 e. The molecule has 2 heterocycles. The number of aliphatic hydroxyl groups is 1. The fourth-order valence-corrected chi connectivity index (χ4v) is 3.76. The third-order valence-corrected chi connectivity index (χ3v) is 5.24. The lowest BCUT2D eigenvalue weighted by Crippen LogP contribution is -2.65. The van der Waals surface area contributed by atoms with Crippen molar-refractivity contribution in [1.29, 1.82) is 0 Å². The molecule has 7 heteroatoms. The number of carbonyl (C=O) groups is 2. The number of rotatable bonds is 2. The van der Waals surface area contributed by atoms with E-state index in [1.165, 1.54) is 11.8 Å². The Morgan fingerprint density at radius 1 is 1.19 bits per heavy atom. The van der Waals surface area contributed by atoms with Gasteiger partial charge < -0.3 is 19.6 Å². The molecular formula is C20H19ClN2O4. The van der Waals surface area contributed by atoms with Gasteiger partial charge in [-0.25, -0.2) is 0 Å². The lowest BCUT2D eigenvalue weighted by atomic mass is 9.85. The number of benzene rings is 2. The fourth-order valence-electron chi connectivity index (χ4n) is 3.57. The molecule has 6 nitrogen and oxygen atoms in total. The number of β-amino-alcohol motifs (C(OH)–C–C–N with tert-alkyl or cyclic N) is 1. The van der Waals surface area contributed by atoms with Crippen LogP contribution in [0.1, 0.15) is 12.5 Å². The lowest BCUT2D eigenvalue weighted by molar-refractivity contribution is -0.164. The topological polar surface area (TPSA) is 70.1 Å². The van der Waals surface area contributed by atoms with Crippen LogP contribution in [0.15, 0.2) is 48.5 Å². The molecule has 0 bridgehead atoms. The van der Waals surface area contributed by atoms with E-state index in [9.17, 15) is 14.7 Å². The Hall–Kier alpha value is -2.57. The van der Waals surface area contributed by atoms with Crippen LogP contribution in [0, 0.1) is 0 Å². The molecule has 1 saturated heterocycles. The first kappa shape index (κ1) is 17.8. The van der Waals surface area contributed by atoms with Crippen LogP contribution >= 0.6 is 11.6 Å². The van der Waals surface area contributed by atoms with E-state index in [-0.39, 0.29) is 31.4 Å². The zero-order chi connectivity index (χ0) is 19.2. The number of likely N-dealkylation sites (tertiary alicyclic amines) is 1. The van der Waals surface area contributed by atoms with Gasteiger partial charge in [0.2, 0.25) is 5.91 Å². The number of fused-ring (bicyclic) bond motifs is 1. The summed E-state index contributed by atoms with van der Waals surface area (Å²) < 4.78 is 5.84. The molecule has 2 aliphatic heterocycles. The van der Waals surface area contributed by atoms with Gasteiger partial charge in [0.1, 0.15) is 11.4 Å². The molecule has 2 aromatic rings. The molecule has 1 atom stereocenters. The van der Waals surface area contributed by atoms with Gasteiger partial charge in [-0.2, -0.15) is 0 Å². The molecule has 140 valence electrons. The Balaban J connectivity index is 1.49. The van der Waals surface area contributed by atoms with Crippen molar-refractivity contribution < 1.29 is 19.4 Å². The first-order valence-corrected chi connectivity index (χ1v) is 9.06. The second-order valence-electron chi connectivity index (χ2n) is 6.94. The molecule has 2 aromatic carbocycles. The second kappa shape index (κ2) is 6.55. The smallest absolute Gasteiger partial charge is 0.265 e. The summed E-state index contributed by atoms with van der Waals surface area (Å²) in [5.41, 5.74) is 0.223. The molecule has 1 unspecified atom stereocenters. The summed E-state index contributed by atoms with van der Waals surface area (Å²) in [6, 6.07) is 14.1. The highest BCUT2D eigenvalue weighted by molar-refractivity contribution is 6.30. The molecular weight excluding hydrogens is 368 g/mol. The van der Waals surface area contributed by atoms with E-state index in [4.69, 9.17) is 16.3 Å². The van der Waals surface area contributed by atoms with Gasteiger partial charge in [0.05, 0.1) is 25.3 Å².